The van der Waals surface area contributed by atoms with Gasteiger partial charge in [0.15, 0.2) is 5.65 Å². The molecule has 1 fully saturated rings. The number of rotatable bonds is 1. The highest BCUT2D eigenvalue weighted by molar-refractivity contribution is 5.82. The Bertz CT molecular complexity index is 843. The molecule has 3 heterocycles. The van der Waals surface area contributed by atoms with Crippen molar-refractivity contribution in [2.24, 2.45) is 0 Å². The summed E-state index contributed by atoms with van der Waals surface area (Å²) in [5, 5.41) is 14.7. The average molecular weight is 265 g/mol. The maximum absolute atomic E-state index is 9.17. The van der Waals surface area contributed by atoms with Crippen molar-refractivity contribution in [1.82, 2.24) is 19.2 Å². The SMILES string of the molecule is Cc1nc2c(C#N)cnn2c2c1ccn2C1CCCC1. The molecule has 1 aliphatic rings. The zero-order chi connectivity index (χ0) is 13.7. The molecule has 0 radical (unpaired) electrons. The Hall–Kier alpha value is -2.35. The molecule has 0 saturated heterocycles. The smallest absolute Gasteiger partial charge is 0.175 e. The van der Waals surface area contributed by atoms with Gasteiger partial charge in [-0.1, -0.05) is 12.8 Å². The van der Waals surface area contributed by atoms with Crippen LogP contribution >= 0.6 is 0 Å². The van der Waals surface area contributed by atoms with Crippen LogP contribution in [-0.2, 0) is 0 Å². The van der Waals surface area contributed by atoms with E-state index in [1.807, 2.05) is 11.4 Å². The molecule has 0 unspecified atom stereocenters. The predicted molar refractivity (Wildman–Crippen MR) is 75.4 cm³/mol. The number of aryl methyl sites for hydroxylation is 1. The lowest BCUT2D eigenvalue weighted by atomic mass is 10.2. The molecule has 0 atom stereocenters. The molecule has 100 valence electrons. The molecule has 1 aliphatic carbocycles. The lowest BCUT2D eigenvalue weighted by Gasteiger charge is -2.14. The molecular weight excluding hydrogens is 250 g/mol. The number of nitriles is 1. The monoisotopic (exact) mass is 265 g/mol. The highest BCUT2D eigenvalue weighted by Crippen LogP contribution is 2.33. The summed E-state index contributed by atoms with van der Waals surface area (Å²) >= 11 is 0. The lowest BCUT2D eigenvalue weighted by Crippen LogP contribution is -2.07. The van der Waals surface area contributed by atoms with Crippen molar-refractivity contribution in [2.75, 3.05) is 0 Å². The van der Waals surface area contributed by atoms with Crippen LogP contribution in [0.2, 0.25) is 0 Å². The first-order valence-electron chi connectivity index (χ1n) is 7.04. The Balaban J connectivity index is 2.09. The summed E-state index contributed by atoms with van der Waals surface area (Å²) in [6.45, 7) is 2.00. The van der Waals surface area contributed by atoms with Gasteiger partial charge in [0.05, 0.1) is 11.9 Å². The lowest BCUT2D eigenvalue weighted by molar-refractivity contribution is 0.529. The van der Waals surface area contributed by atoms with Crippen LogP contribution < -0.4 is 0 Å². The molecule has 20 heavy (non-hydrogen) atoms. The fraction of sp³-hybridized carbons (Fsp3) is 0.400. The predicted octanol–water partition coefficient (Wildman–Crippen LogP) is 2.98. The van der Waals surface area contributed by atoms with Crippen molar-refractivity contribution in [1.29, 1.82) is 5.26 Å². The molecule has 5 heteroatoms. The van der Waals surface area contributed by atoms with Gasteiger partial charge >= 0.3 is 0 Å². The van der Waals surface area contributed by atoms with Gasteiger partial charge in [-0.2, -0.15) is 14.9 Å². The summed E-state index contributed by atoms with van der Waals surface area (Å²) < 4.78 is 4.14. The van der Waals surface area contributed by atoms with E-state index >= 15 is 0 Å². The summed E-state index contributed by atoms with van der Waals surface area (Å²) in [7, 11) is 0. The largest absolute Gasteiger partial charge is 0.329 e. The fourth-order valence-electron chi connectivity index (χ4n) is 3.32. The van der Waals surface area contributed by atoms with Crippen molar-refractivity contribution < 1.29 is 0 Å². The van der Waals surface area contributed by atoms with Crippen LogP contribution in [0, 0.1) is 18.3 Å². The minimum absolute atomic E-state index is 0.536. The van der Waals surface area contributed by atoms with Gasteiger partial charge < -0.3 is 4.57 Å². The van der Waals surface area contributed by atoms with Gasteiger partial charge in [-0.15, -0.1) is 0 Å². The molecule has 5 nitrogen and oxygen atoms in total. The van der Waals surface area contributed by atoms with E-state index in [2.05, 4.69) is 33.0 Å². The summed E-state index contributed by atoms with van der Waals surface area (Å²) in [4.78, 5) is 4.54. The second kappa shape index (κ2) is 4.07. The molecule has 0 amide bonds. The molecule has 1 saturated carbocycles. The van der Waals surface area contributed by atoms with Crippen molar-refractivity contribution in [3.05, 3.63) is 29.7 Å². The minimum atomic E-state index is 0.536. The van der Waals surface area contributed by atoms with Crippen molar-refractivity contribution in [3.8, 4) is 6.07 Å². The van der Waals surface area contributed by atoms with E-state index in [1.54, 1.807) is 6.20 Å². The molecule has 3 aromatic rings. The number of hydrogen-bond donors (Lipinski definition) is 0. The Morgan fingerprint density at radius 3 is 2.90 bits per heavy atom. The third kappa shape index (κ3) is 1.42. The maximum atomic E-state index is 9.17. The molecule has 0 bridgehead atoms. The highest BCUT2D eigenvalue weighted by Gasteiger charge is 2.21. The third-order valence-corrected chi connectivity index (χ3v) is 4.33. The second-order valence-electron chi connectivity index (χ2n) is 5.50. The van der Waals surface area contributed by atoms with Gasteiger partial charge in [0, 0.05) is 17.6 Å². The molecule has 0 aromatic carbocycles. The van der Waals surface area contributed by atoms with Gasteiger partial charge in [-0.05, 0) is 25.8 Å². The zero-order valence-electron chi connectivity index (χ0n) is 11.4. The van der Waals surface area contributed by atoms with Crippen molar-refractivity contribution >= 4 is 16.7 Å². The van der Waals surface area contributed by atoms with Gasteiger partial charge in [0.2, 0.25) is 0 Å². The zero-order valence-corrected chi connectivity index (χ0v) is 11.4. The maximum Gasteiger partial charge on any atom is 0.175 e. The van der Waals surface area contributed by atoms with E-state index in [0.717, 1.165) is 16.7 Å². The van der Waals surface area contributed by atoms with Crippen LogP contribution in [0.3, 0.4) is 0 Å². The Labute approximate surface area is 116 Å². The van der Waals surface area contributed by atoms with Crippen LogP contribution in [0.5, 0.6) is 0 Å². The van der Waals surface area contributed by atoms with Gasteiger partial charge in [-0.25, -0.2) is 4.98 Å². The van der Waals surface area contributed by atoms with Gasteiger partial charge in [0.25, 0.3) is 0 Å². The highest BCUT2D eigenvalue weighted by atomic mass is 15.3. The normalized spacial score (nSPS) is 16.2. The van der Waals surface area contributed by atoms with Crippen LogP contribution in [0.25, 0.3) is 16.7 Å². The van der Waals surface area contributed by atoms with E-state index in [-0.39, 0.29) is 0 Å². The van der Waals surface area contributed by atoms with Crippen molar-refractivity contribution in [2.45, 2.75) is 38.6 Å². The van der Waals surface area contributed by atoms with E-state index in [9.17, 15) is 0 Å². The van der Waals surface area contributed by atoms with Crippen LogP contribution in [-0.4, -0.2) is 19.2 Å². The van der Waals surface area contributed by atoms with Crippen LogP contribution in [0.1, 0.15) is 43.0 Å². The fourth-order valence-corrected chi connectivity index (χ4v) is 3.32. The topological polar surface area (TPSA) is 58.9 Å². The molecular formula is C15H15N5. The van der Waals surface area contributed by atoms with Gasteiger partial charge in [-0.3, -0.25) is 0 Å². The first-order valence-corrected chi connectivity index (χ1v) is 7.04. The molecule has 0 aliphatic heterocycles. The van der Waals surface area contributed by atoms with Crippen LogP contribution in [0.15, 0.2) is 18.5 Å². The Kier molecular flexibility index (Phi) is 2.34. The first-order chi connectivity index (χ1) is 9.79. The van der Waals surface area contributed by atoms with Crippen LogP contribution in [0.4, 0.5) is 0 Å². The van der Waals surface area contributed by atoms with Gasteiger partial charge in [0.1, 0.15) is 17.3 Å². The molecule has 0 spiro atoms. The molecule has 0 N–H and O–H groups in total. The number of aromatic nitrogens is 4. The summed E-state index contributed by atoms with van der Waals surface area (Å²) in [6, 6.07) is 4.83. The summed E-state index contributed by atoms with van der Waals surface area (Å²) in [6.07, 6.45) is 8.77. The Morgan fingerprint density at radius 1 is 1.35 bits per heavy atom. The second-order valence-corrected chi connectivity index (χ2v) is 5.50. The Morgan fingerprint density at radius 2 is 2.15 bits per heavy atom. The van der Waals surface area contributed by atoms with E-state index in [0.29, 0.717) is 17.3 Å². The third-order valence-electron chi connectivity index (χ3n) is 4.33. The number of nitrogens with zero attached hydrogens (tertiary/aromatic N) is 5. The van der Waals surface area contributed by atoms with Crippen molar-refractivity contribution in [3.63, 3.8) is 0 Å². The molecule has 4 rings (SSSR count). The van der Waals surface area contributed by atoms with E-state index < -0.39 is 0 Å². The summed E-state index contributed by atoms with van der Waals surface area (Å²) in [5.41, 5.74) is 3.23. The average Bonchev–Trinajstić information content (AvgIpc) is 3.16. The quantitative estimate of drug-likeness (QED) is 0.679. The summed E-state index contributed by atoms with van der Waals surface area (Å²) in [5.74, 6) is 0. The minimum Gasteiger partial charge on any atom is -0.329 e. The number of hydrogen-bond acceptors (Lipinski definition) is 3. The standard InChI is InChI=1S/C15H15N5/c1-10-13-6-7-19(12-4-2-3-5-12)15(13)20-14(18-10)11(8-16)9-17-20/h6-7,9,12H,2-5H2,1H3. The first kappa shape index (κ1) is 11.5. The van der Waals surface area contributed by atoms with E-state index in [1.165, 1.54) is 25.7 Å². The number of fused-ring (bicyclic) bond motifs is 3. The molecule has 3 aromatic heterocycles. The van der Waals surface area contributed by atoms with E-state index in [4.69, 9.17) is 5.26 Å².